The summed E-state index contributed by atoms with van der Waals surface area (Å²) in [5.74, 6) is 1.63. The minimum Gasteiger partial charge on any atom is -0.494 e. The van der Waals surface area contributed by atoms with Crippen LogP contribution in [-0.4, -0.2) is 30.8 Å². The number of fused-ring (bicyclic) bond motifs is 3. The summed E-state index contributed by atoms with van der Waals surface area (Å²) in [5.41, 5.74) is 2.70. The molecule has 0 saturated heterocycles. The van der Waals surface area contributed by atoms with E-state index >= 15 is 0 Å². The summed E-state index contributed by atoms with van der Waals surface area (Å²) >= 11 is 0. The fourth-order valence-electron chi connectivity index (χ4n) is 3.33. The van der Waals surface area contributed by atoms with E-state index < -0.39 is 0 Å². The van der Waals surface area contributed by atoms with E-state index in [0.29, 0.717) is 6.61 Å². The van der Waals surface area contributed by atoms with Gasteiger partial charge in [-0.25, -0.2) is 4.98 Å². The smallest absolute Gasteiger partial charge is 0.171 e. The number of para-hydroxylation sites is 1. The fourth-order valence-corrected chi connectivity index (χ4v) is 3.33. The number of aromatic nitrogens is 5. The van der Waals surface area contributed by atoms with Gasteiger partial charge in [0.2, 0.25) is 0 Å². The van der Waals surface area contributed by atoms with E-state index in [0.717, 1.165) is 46.7 Å². The van der Waals surface area contributed by atoms with Gasteiger partial charge >= 0.3 is 0 Å². The first-order valence-corrected chi connectivity index (χ1v) is 9.31. The van der Waals surface area contributed by atoms with Gasteiger partial charge in [0.25, 0.3) is 0 Å². The standard InChI is InChI=1S/C22H19N5O/c1-2-7-20-19(6-1)22-25-24-21(27(22)16-23-20)17-8-10-18(11-9-17)28-15-5-14-26-12-3-4-13-26/h1-4,6-13,16H,5,14-15H2. The predicted molar refractivity (Wildman–Crippen MR) is 108 cm³/mol. The lowest BCUT2D eigenvalue weighted by Crippen LogP contribution is -2.02. The SMILES string of the molecule is c1ccc2c(c1)ncn1c(-c3ccc(OCCCn4cccc4)cc3)nnc21. The van der Waals surface area contributed by atoms with E-state index in [4.69, 9.17) is 4.74 Å². The van der Waals surface area contributed by atoms with Crippen LogP contribution >= 0.6 is 0 Å². The molecule has 0 amide bonds. The molecule has 0 aliphatic carbocycles. The van der Waals surface area contributed by atoms with Gasteiger partial charge < -0.3 is 9.30 Å². The maximum Gasteiger partial charge on any atom is 0.171 e. The van der Waals surface area contributed by atoms with Crippen molar-refractivity contribution in [3.63, 3.8) is 0 Å². The van der Waals surface area contributed by atoms with Crippen LogP contribution in [0.2, 0.25) is 0 Å². The van der Waals surface area contributed by atoms with Crippen molar-refractivity contribution in [3.8, 4) is 17.1 Å². The van der Waals surface area contributed by atoms with Crippen molar-refractivity contribution in [3.05, 3.63) is 79.4 Å². The first-order chi connectivity index (χ1) is 13.9. The number of nitrogens with zero attached hydrogens (tertiary/aromatic N) is 5. The predicted octanol–water partition coefficient (Wildman–Crippen LogP) is 4.22. The number of rotatable bonds is 6. The van der Waals surface area contributed by atoms with Gasteiger partial charge in [-0.15, -0.1) is 10.2 Å². The maximum absolute atomic E-state index is 5.85. The molecule has 2 aromatic carbocycles. The van der Waals surface area contributed by atoms with Gasteiger partial charge in [-0.2, -0.15) is 0 Å². The molecule has 6 heteroatoms. The molecule has 0 spiro atoms. The van der Waals surface area contributed by atoms with E-state index in [-0.39, 0.29) is 0 Å². The monoisotopic (exact) mass is 369 g/mol. The highest BCUT2D eigenvalue weighted by Gasteiger charge is 2.11. The van der Waals surface area contributed by atoms with Crippen LogP contribution in [-0.2, 0) is 6.54 Å². The van der Waals surface area contributed by atoms with Crippen molar-refractivity contribution >= 4 is 16.6 Å². The number of ether oxygens (including phenoxy) is 1. The zero-order chi connectivity index (χ0) is 18.8. The molecule has 0 saturated carbocycles. The second-order valence-corrected chi connectivity index (χ2v) is 6.63. The van der Waals surface area contributed by atoms with Crippen LogP contribution in [0.5, 0.6) is 5.75 Å². The lowest BCUT2D eigenvalue weighted by molar-refractivity contribution is 0.302. The molecule has 5 aromatic rings. The highest BCUT2D eigenvalue weighted by molar-refractivity contribution is 5.91. The zero-order valence-electron chi connectivity index (χ0n) is 15.3. The number of hydrogen-bond donors (Lipinski definition) is 0. The molecule has 0 fully saturated rings. The van der Waals surface area contributed by atoms with Crippen LogP contribution in [0, 0.1) is 0 Å². The third kappa shape index (κ3) is 3.09. The van der Waals surface area contributed by atoms with Crippen LogP contribution < -0.4 is 4.74 Å². The lowest BCUT2D eigenvalue weighted by Gasteiger charge is -2.08. The minimum atomic E-state index is 0.682. The molecule has 0 atom stereocenters. The Bertz CT molecular complexity index is 1210. The van der Waals surface area contributed by atoms with Crippen molar-refractivity contribution in [1.82, 2.24) is 24.1 Å². The Balaban J connectivity index is 1.32. The molecule has 6 nitrogen and oxygen atoms in total. The molecule has 0 aliphatic heterocycles. The average Bonchev–Trinajstić information content (AvgIpc) is 3.42. The Morgan fingerprint density at radius 3 is 2.54 bits per heavy atom. The first-order valence-electron chi connectivity index (χ1n) is 9.31. The van der Waals surface area contributed by atoms with E-state index in [9.17, 15) is 0 Å². The van der Waals surface area contributed by atoms with Gasteiger partial charge in [-0.3, -0.25) is 4.40 Å². The highest BCUT2D eigenvalue weighted by Crippen LogP contribution is 2.24. The third-order valence-corrected chi connectivity index (χ3v) is 4.76. The molecule has 0 bridgehead atoms. The highest BCUT2D eigenvalue weighted by atomic mass is 16.5. The lowest BCUT2D eigenvalue weighted by atomic mass is 10.2. The van der Waals surface area contributed by atoms with Crippen molar-refractivity contribution in [2.24, 2.45) is 0 Å². The second-order valence-electron chi connectivity index (χ2n) is 6.63. The minimum absolute atomic E-state index is 0.682. The van der Waals surface area contributed by atoms with Gasteiger partial charge in [0.15, 0.2) is 11.5 Å². The largest absolute Gasteiger partial charge is 0.494 e. The number of aryl methyl sites for hydroxylation is 1. The normalized spacial score (nSPS) is 11.3. The van der Waals surface area contributed by atoms with E-state index in [1.54, 1.807) is 6.33 Å². The Hall–Kier alpha value is -3.67. The molecule has 0 unspecified atom stereocenters. The Morgan fingerprint density at radius 1 is 0.857 bits per heavy atom. The Morgan fingerprint density at radius 2 is 1.68 bits per heavy atom. The molecule has 5 rings (SSSR count). The maximum atomic E-state index is 5.85. The van der Waals surface area contributed by atoms with Gasteiger partial charge in [0, 0.05) is 29.9 Å². The number of benzene rings is 2. The second kappa shape index (κ2) is 7.15. The zero-order valence-corrected chi connectivity index (χ0v) is 15.3. The van der Waals surface area contributed by atoms with Crippen molar-refractivity contribution in [2.75, 3.05) is 6.61 Å². The molecule has 28 heavy (non-hydrogen) atoms. The van der Waals surface area contributed by atoms with E-state index in [1.807, 2.05) is 65.1 Å². The van der Waals surface area contributed by atoms with Crippen LogP contribution in [0.4, 0.5) is 0 Å². The molecular formula is C22H19N5O. The van der Waals surface area contributed by atoms with E-state index in [1.165, 1.54) is 0 Å². The van der Waals surface area contributed by atoms with Gasteiger partial charge in [-0.05, 0) is 55.0 Å². The van der Waals surface area contributed by atoms with Crippen LogP contribution in [0.15, 0.2) is 79.4 Å². The van der Waals surface area contributed by atoms with Gasteiger partial charge in [-0.1, -0.05) is 12.1 Å². The third-order valence-electron chi connectivity index (χ3n) is 4.76. The molecule has 138 valence electrons. The Kier molecular flexibility index (Phi) is 4.21. The van der Waals surface area contributed by atoms with Crippen LogP contribution in [0.1, 0.15) is 6.42 Å². The molecule has 0 radical (unpaired) electrons. The van der Waals surface area contributed by atoms with Crippen LogP contribution in [0.25, 0.3) is 27.9 Å². The van der Waals surface area contributed by atoms with Crippen LogP contribution in [0.3, 0.4) is 0 Å². The molecular weight excluding hydrogens is 350 g/mol. The molecule has 0 N–H and O–H groups in total. The summed E-state index contributed by atoms with van der Waals surface area (Å²) in [6.45, 7) is 1.64. The van der Waals surface area contributed by atoms with E-state index in [2.05, 4.69) is 32.1 Å². The van der Waals surface area contributed by atoms with Gasteiger partial charge in [0.05, 0.1) is 12.1 Å². The van der Waals surface area contributed by atoms with Crippen molar-refractivity contribution in [2.45, 2.75) is 13.0 Å². The molecule has 3 aromatic heterocycles. The Labute approximate surface area is 162 Å². The quantitative estimate of drug-likeness (QED) is 0.421. The number of hydrogen-bond acceptors (Lipinski definition) is 4. The summed E-state index contributed by atoms with van der Waals surface area (Å²) in [5, 5.41) is 9.74. The average molecular weight is 369 g/mol. The van der Waals surface area contributed by atoms with Crippen molar-refractivity contribution < 1.29 is 4.74 Å². The van der Waals surface area contributed by atoms with Gasteiger partial charge in [0.1, 0.15) is 12.1 Å². The van der Waals surface area contributed by atoms with Crippen molar-refractivity contribution in [1.29, 1.82) is 0 Å². The summed E-state index contributed by atoms with van der Waals surface area (Å²) in [7, 11) is 0. The first kappa shape index (κ1) is 16.5. The molecule has 3 heterocycles. The fraction of sp³-hybridized carbons (Fsp3) is 0.136. The summed E-state index contributed by atoms with van der Waals surface area (Å²) in [6, 6.07) is 20.0. The summed E-state index contributed by atoms with van der Waals surface area (Å²) in [6.07, 6.45) is 6.87. The summed E-state index contributed by atoms with van der Waals surface area (Å²) < 4.78 is 9.93. The summed E-state index contributed by atoms with van der Waals surface area (Å²) in [4.78, 5) is 4.51. The molecule has 0 aliphatic rings. The topological polar surface area (TPSA) is 57.2 Å².